The fourth-order valence-electron chi connectivity index (χ4n) is 2.31. The Bertz CT molecular complexity index is 561. The lowest BCUT2D eigenvalue weighted by molar-refractivity contribution is -0.128. The molecule has 0 atom stereocenters. The Balaban J connectivity index is 1.76. The standard InChI is InChI=1S/C18H24N2O/c1-18(2,3)17(21)19-11-6-7-12-20-13-10-15-8-4-5-9-16(15)14-20/h4-5,8-9H,10-14H2,1-3H3,(H,19,21). The minimum absolute atomic E-state index is 0.0451. The van der Waals surface area contributed by atoms with Crippen LogP contribution in [0.5, 0.6) is 0 Å². The maximum Gasteiger partial charge on any atom is 0.226 e. The predicted molar refractivity (Wildman–Crippen MR) is 85.7 cm³/mol. The summed E-state index contributed by atoms with van der Waals surface area (Å²) in [7, 11) is 0. The van der Waals surface area contributed by atoms with Crippen LogP contribution in [0.25, 0.3) is 0 Å². The number of hydrogen-bond donors (Lipinski definition) is 1. The molecule has 1 aliphatic rings. The van der Waals surface area contributed by atoms with Gasteiger partial charge >= 0.3 is 0 Å². The van der Waals surface area contributed by atoms with Crippen molar-refractivity contribution < 1.29 is 4.79 Å². The minimum atomic E-state index is -0.349. The first-order chi connectivity index (χ1) is 9.97. The molecule has 112 valence electrons. The monoisotopic (exact) mass is 284 g/mol. The summed E-state index contributed by atoms with van der Waals surface area (Å²) in [5.41, 5.74) is 2.52. The van der Waals surface area contributed by atoms with Crippen molar-refractivity contribution in [1.82, 2.24) is 10.2 Å². The highest BCUT2D eigenvalue weighted by Gasteiger charge is 2.19. The topological polar surface area (TPSA) is 32.3 Å². The van der Waals surface area contributed by atoms with Gasteiger partial charge in [0.15, 0.2) is 0 Å². The van der Waals surface area contributed by atoms with E-state index in [0.29, 0.717) is 6.54 Å². The van der Waals surface area contributed by atoms with Crippen LogP contribution in [0, 0.1) is 17.3 Å². The van der Waals surface area contributed by atoms with Gasteiger partial charge in [0.2, 0.25) is 5.91 Å². The van der Waals surface area contributed by atoms with Crippen LogP contribution in [0.1, 0.15) is 31.9 Å². The summed E-state index contributed by atoms with van der Waals surface area (Å²) in [6.45, 7) is 8.93. The lowest BCUT2D eigenvalue weighted by Gasteiger charge is -2.26. The predicted octanol–water partition coefficient (Wildman–Crippen LogP) is 2.21. The molecule has 1 amide bonds. The van der Waals surface area contributed by atoms with E-state index >= 15 is 0 Å². The number of rotatable bonds is 2. The Morgan fingerprint density at radius 1 is 1.24 bits per heavy atom. The van der Waals surface area contributed by atoms with Gasteiger partial charge in [-0.1, -0.05) is 56.9 Å². The summed E-state index contributed by atoms with van der Waals surface area (Å²) in [6, 6.07) is 8.60. The summed E-state index contributed by atoms with van der Waals surface area (Å²) < 4.78 is 0. The van der Waals surface area contributed by atoms with Crippen molar-refractivity contribution in [2.45, 2.75) is 33.7 Å². The zero-order valence-electron chi connectivity index (χ0n) is 13.2. The molecule has 0 radical (unpaired) electrons. The maximum atomic E-state index is 11.7. The highest BCUT2D eigenvalue weighted by atomic mass is 16.2. The molecule has 0 unspecified atom stereocenters. The van der Waals surface area contributed by atoms with E-state index in [4.69, 9.17) is 0 Å². The number of nitrogens with zero attached hydrogens (tertiary/aromatic N) is 1. The molecule has 0 bridgehead atoms. The van der Waals surface area contributed by atoms with Crippen molar-refractivity contribution in [2.75, 3.05) is 19.6 Å². The van der Waals surface area contributed by atoms with E-state index in [1.165, 1.54) is 11.1 Å². The lowest BCUT2D eigenvalue weighted by atomic mass is 9.96. The SMILES string of the molecule is CC(C)(C)C(=O)NCC#CCN1CCc2ccccc2C1. The Labute approximate surface area is 127 Å². The van der Waals surface area contributed by atoms with Gasteiger partial charge in [0, 0.05) is 18.5 Å². The third-order valence-electron chi connectivity index (χ3n) is 3.66. The fourth-order valence-corrected chi connectivity index (χ4v) is 2.31. The summed E-state index contributed by atoms with van der Waals surface area (Å²) in [5, 5.41) is 2.84. The Morgan fingerprint density at radius 3 is 2.67 bits per heavy atom. The van der Waals surface area contributed by atoms with Crippen LogP contribution >= 0.6 is 0 Å². The second-order valence-electron chi connectivity index (χ2n) is 6.52. The van der Waals surface area contributed by atoms with Gasteiger partial charge in [-0.05, 0) is 17.5 Å². The number of amides is 1. The van der Waals surface area contributed by atoms with E-state index in [1.807, 2.05) is 20.8 Å². The Hall–Kier alpha value is -1.79. The second kappa shape index (κ2) is 6.78. The molecule has 1 aliphatic heterocycles. The van der Waals surface area contributed by atoms with Crippen molar-refractivity contribution in [2.24, 2.45) is 5.41 Å². The van der Waals surface area contributed by atoms with Crippen LogP contribution in [0.15, 0.2) is 24.3 Å². The van der Waals surface area contributed by atoms with Gasteiger partial charge in [-0.2, -0.15) is 0 Å². The fraction of sp³-hybridized carbons (Fsp3) is 0.500. The smallest absolute Gasteiger partial charge is 0.226 e. The van der Waals surface area contributed by atoms with E-state index in [2.05, 4.69) is 46.3 Å². The zero-order valence-corrected chi connectivity index (χ0v) is 13.2. The van der Waals surface area contributed by atoms with Crippen molar-refractivity contribution >= 4 is 5.91 Å². The Morgan fingerprint density at radius 2 is 1.95 bits per heavy atom. The molecule has 3 nitrogen and oxygen atoms in total. The van der Waals surface area contributed by atoms with Crippen LogP contribution in [-0.4, -0.2) is 30.4 Å². The highest BCUT2D eigenvalue weighted by Crippen LogP contribution is 2.17. The average molecular weight is 284 g/mol. The van der Waals surface area contributed by atoms with Gasteiger partial charge in [-0.3, -0.25) is 9.69 Å². The number of hydrogen-bond acceptors (Lipinski definition) is 2. The molecule has 21 heavy (non-hydrogen) atoms. The van der Waals surface area contributed by atoms with Gasteiger partial charge in [0.05, 0.1) is 13.1 Å². The third-order valence-corrected chi connectivity index (χ3v) is 3.66. The number of carbonyl (C=O) groups excluding carboxylic acids is 1. The van der Waals surface area contributed by atoms with Crippen LogP contribution in [0.3, 0.4) is 0 Å². The molecule has 0 spiro atoms. The first-order valence-corrected chi connectivity index (χ1v) is 7.50. The van der Waals surface area contributed by atoms with Gasteiger partial charge < -0.3 is 5.32 Å². The lowest BCUT2D eigenvalue weighted by Crippen LogP contribution is -2.35. The third kappa shape index (κ3) is 4.61. The van der Waals surface area contributed by atoms with Crippen molar-refractivity contribution in [3.05, 3.63) is 35.4 Å². The molecule has 1 aromatic carbocycles. The highest BCUT2D eigenvalue weighted by molar-refractivity contribution is 5.81. The van der Waals surface area contributed by atoms with E-state index in [9.17, 15) is 4.79 Å². The molecular weight excluding hydrogens is 260 g/mol. The molecule has 1 N–H and O–H groups in total. The van der Waals surface area contributed by atoms with Crippen molar-refractivity contribution in [3.8, 4) is 11.8 Å². The molecule has 0 aliphatic carbocycles. The number of carbonyl (C=O) groups is 1. The molecule has 3 heteroatoms. The van der Waals surface area contributed by atoms with E-state index in [-0.39, 0.29) is 11.3 Å². The number of fused-ring (bicyclic) bond motifs is 1. The molecule has 0 fully saturated rings. The average Bonchev–Trinajstić information content (AvgIpc) is 2.45. The zero-order chi connectivity index (χ0) is 15.3. The molecule has 2 rings (SSSR count). The normalized spacial score (nSPS) is 14.8. The van der Waals surface area contributed by atoms with Crippen LogP contribution < -0.4 is 5.32 Å². The van der Waals surface area contributed by atoms with E-state index < -0.39 is 0 Å². The molecule has 0 aromatic heterocycles. The van der Waals surface area contributed by atoms with Crippen molar-refractivity contribution in [3.63, 3.8) is 0 Å². The molecule has 1 aromatic rings. The number of benzene rings is 1. The van der Waals surface area contributed by atoms with Gasteiger partial charge in [-0.15, -0.1) is 0 Å². The first kappa shape index (κ1) is 15.6. The first-order valence-electron chi connectivity index (χ1n) is 7.50. The molecule has 0 saturated carbocycles. The largest absolute Gasteiger partial charge is 0.345 e. The second-order valence-corrected chi connectivity index (χ2v) is 6.52. The van der Waals surface area contributed by atoms with Crippen LogP contribution in [0.2, 0.25) is 0 Å². The number of nitrogens with one attached hydrogen (secondary N) is 1. The quantitative estimate of drug-likeness (QED) is 0.845. The van der Waals surface area contributed by atoms with E-state index in [0.717, 1.165) is 26.1 Å². The Kier molecular flexibility index (Phi) is 5.03. The van der Waals surface area contributed by atoms with Crippen LogP contribution in [-0.2, 0) is 17.8 Å². The molecular formula is C18H24N2O. The van der Waals surface area contributed by atoms with Gasteiger partial charge in [-0.25, -0.2) is 0 Å². The van der Waals surface area contributed by atoms with Gasteiger partial charge in [0.25, 0.3) is 0 Å². The summed E-state index contributed by atoms with van der Waals surface area (Å²) in [4.78, 5) is 14.0. The molecule has 0 saturated heterocycles. The summed E-state index contributed by atoms with van der Waals surface area (Å²) >= 11 is 0. The van der Waals surface area contributed by atoms with Crippen LogP contribution in [0.4, 0.5) is 0 Å². The summed E-state index contributed by atoms with van der Waals surface area (Å²) in [5.74, 6) is 6.24. The summed E-state index contributed by atoms with van der Waals surface area (Å²) in [6.07, 6.45) is 1.10. The maximum absolute atomic E-state index is 11.7. The van der Waals surface area contributed by atoms with Crippen molar-refractivity contribution in [1.29, 1.82) is 0 Å². The van der Waals surface area contributed by atoms with Gasteiger partial charge in [0.1, 0.15) is 0 Å². The minimum Gasteiger partial charge on any atom is -0.345 e. The van der Waals surface area contributed by atoms with E-state index in [1.54, 1.807) is 0 Å². The molecule has 1 heterocycles.